The zero-order valence-corrected chi connectivity index (χ0v) is 18.3. The van der Waals surface area contributed by atoms with Crippen LogP contribution in [0.2, 0.25) is 0 Å². The fourth-order valence-electron chi connectivity index (χ4n) is 3.08. The Balaban J connectivity index is 1.71. The smallest absolute Gasteiger partial charge is 0.313 e. The number of hydrogen-bond acceptors (Lipinski definition) is 8. The summed E-state index contributed by atoms with van der Waals surface area (Å²) >= 11 is 0. The van der Waals surface area contributed by atoms with Gasteiger partial charge in [-0.1, -0.05) is 60.7 Å². The van der Waals surface area contributed by atoms with Crippen LogP contribution in [0.15, 0.2) is 78.9 Å². The SMILES string of the molecule is O=C(CP(=O)(c1ccccc1)c1ccccc1)NC(=O)NNc1ccc([N+](=O)[O-])cc1[N+](=O)[O-]. The fraction of sp³-hybridized carbons (Fsp3) is 0.0476. The summed E-state index contributed by atoms with van der Waals surface area (Å²) in [4.78, 5) is 45.1. The van der Waals surface area contributed by atoms with Crippen molar-refractivity contribution in [3.8, 4) is 0 Å². The Morgan fingerprint density at radius 1 is 0.824 bits per heavy atom. The highest BCUT2D eigenvalue weighted by molar-refractivity contribution is 7.79. The molecular formula is C21H18N5O7P. The molecule has 0 spiro atoms. The van der Waals surface area contributed by atoms with E-state index in [9.17, 15) is 34.4 Å². The van der Waals surface area contributed by atoms with Gasteiger partial charge in [0.1, 0.15) is 5.69 Å². The second-order valence-corrected chi connectivity index (χ2v) is 9.74. The minimum absolute atomic E-state index is 0.238. The fourth-order valence-corrected chi connectivity index (χ4v) is 5.54. The number of urea groups is 1. The third kappa shape index (κ3) is 5.61. The van der Waals surface area contributed by atoms with E-state index in [4.69, 9.17) is 0 Å². The average Bonchev–Trinajstić information content (AvgIpc) is 2.83. The minimum atomic E-state index is -3.41. The van der Waals surface area contributed by atoms with Crippen LogP contribution in [-0.4, -0.2) is 27.9 Å². The number of nitrogens with zero attached hydrogens (tertiary/aromatic N) is 2. The topological polar surface area (TPSA) is 174 Å². The Morgan fingerprint density at radius 2 is 1.38 bits per heavy atom. The van der Waals surface area contributed by atoms with Crippen LogP contribution in [0, 0.1) is 20.2 Å². The van der Waals surface area contributed by atoms with Crippen LogP contribution in [0.3, 0.4) is 0 Å². The van der Waals surface area contributed by atoms with Crippen molar-refractivity contribution in [1.82, 2.24) is 10.7 Å². The molecule has 0 aliphatic heterocycles. The number of imide groups is 1. The average molecular weight is 483 g/mol. The van der Waals surface area contributed by atoms with Crippen LogP contribution in [0.4, 0.5) is 21.9 Å². The highest BCUT2D eigenvalue weighted by Gasteiger charge is 2.30. The van der Waals surface area contributed by atoms with Gasteiger partial charge in [-0.15, -0.1) is 0 Å². The summed E-state index contributed by atoms with van der Waals surface area (Å²) in [6, 6.07) is 18.5. The summed E-state index contributed by atoms with van der Waals surface area (Å²) in [5.41, 5.74) is 2.90. The van der Waals surface area contributed by atoms with Crippen LogP contribution >= 0.6 is 7.14 Å². The van der Waals surface area contributed by atoms with Crippen LogP contribution in [-0.2, 0) is 9.36 Å². The molecule has 0 aliphatic carbocycles. The molecule has 0 saturated carbocycles. The number of anilines is 1. The molecule has 3 rings (SSSR count). The molecule has 0 heterocycles. The predicted octanol–water partition coefficient (Wildman–Crippen LogP) is 2.67. The minimum Gasteiger partial charge on any atom is -0.313 e. The maximum Gasteiger partial charge on any atom is 0.340 e. The summed E-state index contributed by atoms with van der Waals surface area (Å²) in [5, 5.41) is 24.9. The van der Waals surface area contributed by atoms with Gasteiger partial charge in [0.25, 0.3) is 5.69 Å². The Bertz CT molecular complexity index is 1240. The zero-order chi connectivity index (χ0) is 24.7. The Hall–Kier alpha value is -4.57. The highest BCUT2D eigenvalue weighted by atomic mass is 31.2. The van der Waals surface area contributed by atoms with Crippen LogP contribution in [0.25, 0.3) is 0 Å². The number of nitrogens with one attached hydrogen (secondary N) is 3. The van der Waals surface area contributed by atoms with Crippen molar-refractivity contribution in [3.05, 3.63) is 99.1 Å². The van der Waals surface area contributed by atoms with Crippen molar-refractivity contribution in [2.45, 2.75) is 0 Å². The maximum absolute atomic E-state index is 13.9. The number of non-ortho nitro benzene ring substituents is 1. The number of carbonyl (C=O) groups is 2. The van der Waals surface area contributed by atoms with Crippen molar-refractivity contribution in [3.63, 3.8) is 0 Å². The van der Waals surface area contributed by atoms with Gasteiger partial charge in [-0.05, 0) is 6.07 Å². The number of nitro groups is 2. The molecule has 34 heavy (non-hydrogen) atoms. The third-order valence-electron chi connectivity index (χ3n) is 4.67. The molecule has 3 N–H and O–H groups in total. The van der Waals surface area contributed by atoms with E-state index in [1.54, 1.807) is 60.7 Å². The molecule has 0 fully saturated rings. The van der Waals surface area contributed by atoms with E-state index >= 15 is 0 Å². The summed E-state index contributed by atoms with van der Waals surface area (Å²) < 4.78 is 13.9. The van der Waals surface area contributed by atoms with Gasteiger partial charge < -0.3 is 4.57 Å². The van der Waals surface area contributed by atoms with Gasteiger partial charge in [0.05, 0.1) is 22.1 Å². The van der Waals surface area contributed by atoms with Gasteiger partial charge in [-0.25, -0.2) is 4.79 Å². The lowest BCUT2D eigenvalue weighted by molar-refractivity contribution is -0.393. The second kappa shape index (κ2) is 10.4. The molecule has 12 nitrogen and oxygen atoms in total. The first-order valence-corrected chi connectivity index (χ1v) is 11.6. The number of amides is 3. The van der Waals surface area contributed by atoms with E-state index in [0.29, 0.717) is 10.6 Å². The molecule has 0 aliphatic rings. The summed E-state index contributed by atoms with van der Waals surface area (Å²) in [6.45, 7) is 0. The molecule has 3 amide bonds. The number of nitro benzene ring substituents is 2. The zero-order valence-electron chi connectivity index (χ0n) is 17.4. The van der Waals surface area contributed by atoms with E-state index in [2.05, 4.69) is 10.9 Å². The quantitative estimate of drug-likeness (QED) is 0.249. The highest BCUT2D eigenvalue weighted by Crippen LogP contribution is 2.42. The largest absolute Gasteiger partial charge is 0.340 e. The molecular weight excluding hydrogens is 465 g/mol. The molecule has 174 valence electrons. The van der Waals surface area contributed by atoms with Crippen LogP contribution in [0.5, 0.6) is 0 Å². The number of benzene rings is 3. The second-order valence-electron chi connectivity index (χ2n) is 6.91. The first kappa shape index (κ1) is 24.1. The van der Waals surface area contributed by atoms with E-state index in [-0.39, 0.29) is 5.69 Å². The van der Waals surface area contributed by atoms with Crippen molar-refractivity contribution in [2.24, 2.45) is 0 Å². The monoisotopic (exact) mass is 483 g/mol. The first-order chi connectivity index (χ1) is 16.2. The molecule has 0 atom stereocenters. The van der Waals surface area contributed by atoms with Gasteiger partial charge in [-0.2, -0.15) is 0 Å². The van der Waals surface area contributed by atoms with Crippen molar-refractivity contribution >= 4 is 46.8 Å². The normalized spacial score (nSPS) is 10.7. The molecule has 0 radical (unpaired) electrons. The van der Waals surface area contributed by atoms with E-state index < -0.39 is 46.5 Å². The lowest BCUT2D eigenvalue weighted by Gasteiger charge is -2.19. The van der Waals surface area contributed by atoms with Gasteiger partial charge in [0, 0.05) is 16.7 Å². The van der Waals surface area contributed by atoms with Crippen molar-refractivity contribution in [2.75, 3.05) is 11.6 Å². The molecule has 13 heteroatoms. The molecule has 3 aromatic rings. The van der Waals surface area contributed by atoms with Gasteiger partial charge in [-0.3, -0.25) is 41.2 Å². The Morgan fingerprint density at radius 3 is 1.88 bits per heavy atom. The van der Waals surface area contributed by atoms with Crippen LogP contribution < -0.4 is 26.8 Å². The molecule has 0 bridgehead atoms. The van der Waals surface area contributed by atoms with Gasteiger partial charge in [0.2, 0.25) is 5.91 Å². The lowest BCUT2D eigenvalue weighted by atomic mass is 10.2. The number of rotatable bonds is 8. The Kier molecular flexibility index (Phi) is 7.34. The summed E-state index contributed by atoms with van der Waals surface area (Å²) in [6.07, 6.45) is -0.494. The number of hydrogen-bond donors (Lipinski definition) is 3. The lowest BCUT2D eigenvalue weighted by Crippen LogP contribution is -2.44. The summed E-state index contributed by atoms with van der Waals surface area (Å²) in [7, 11) is -3.41. The van der Waals surface area contributed by atoms with E-state index in [0.717, 1.165) is 18.2 Å². The number of carbonyl (C=O) groups excluding carboxylic acids is 2. The van der Waals surface area contributed by atoms with Crippen molar-refractivity contribution in [1.29, 1.82) is 0 Å². The summed E-state index contributed by atoms with van der Waals surface area (Å²) in [5.74, 6) is -0.839. The van der Waals surface area contributed by atoms with E-state index in [1.165, 1.54) is 0 Å². The Labute approximate surface area is 192 Å². The molecule has 0 saturated heterocycles. The number of hydrazine groups is 1. The molecule has 3 aromatic carbocycles. The van der Waals surface area contributed by atoms with Crippen LogP contribution in [0.1, 0.15) is 0 Å². The first-order valence-electron chi connectivity index (χ1n) is 9.69. The standard InChI is InChI=1S/C21H18N5O7P/c27-20(14-34(33,16-7-3-1-4-8-16)17-9-5-2-6-10-17)22-21(28)24-23-18-12-11-15(25(29)30)13-19(18)26(31)32/h1-13,23H,14H2,(H2,22,24,27,28). The van der Waals surface area contributed by atoms with Gasteiger partial charge >= 0.3 is 11.7 Å². The molecule has 0 unspecified atom stereocenters. The van der Waals surface area contributed by atoms with Crippen molar-refractivity contribution < 1.29 is 24.0 Å². The van der Waals surface area contributed by atoms with E-state index in [1.807, 2.05) is 5.32 Å². The molecule has 0 aromatic heterocycles. The maximum atomic E-state index is 13.9. The predicted molar refractivity (Wildman–Crippen MR) is 125 cm³/mol. The van der Waals surface area contributed by atoms with Gasteiger partial charge in [0.15, 0.2) is 7.14 Å². The third-order valence-corrected chi connectivity index (χ3v) is 7.66.